The number of carbonyl (C=O) groups excluding carboxylic acids is 1. The second kappa shape index (κ2) is 6.18. The summed E-state index contributed by atoms with van der Waals surface area (Å²) >= 11 is 0. The summed E-state index contributed by atoms with van der Waals surface area (Å²) in [4.78, 5) is 19.6. The Hall–Kier alpha value is -1.85. The molecule has 3 N–H and O–H groups in total. The van der Waals surface area contributed by atoms with Gasteiger partial charge in [-0.2, -0.15) is 0 Å². The van der Waals surface area contributed by atoms with Gasteiger partial charge in [0.15, 0.2) is 0 Å². The van der Waals surface area contributed by atoms with Crippen LogP contribution in [0.25, 0.3) is 0 Å². The summed E-state index contributed by atoms with van der Waals surface area (Å²) in [6.07, 6.45) is 5.15. The molecule has 0 atom stereocenters. The van der Waals surface area contributed by atoms with Gasteiger partial charge in [0.2, 0.25) is 5.91 Å². The zero-order chi connectivity index (χ0) is 12.8. The summed E-state index contributed by atoms with van der Waals surface area (Å²) in [6.45, 7) is 0.734. The highest BCUT2D eigenvalue weighted by atomic mass is 16.1. The molecule has 1 heterocycles. The molecule has 1 aliphatic rings. The van der Waals surface area contributed by atoms with Gasteiger partial charge in [-0.1, -0.05) is 0 Å². The molecule has 18 heavy (non-hydrogen) atoms. The quantitative estimate of drug-likeness (QED) is 0.628. The molecule has 0 radical (unpaired) electrons. The van der Waals surface area contributed by atoms with Gasteiger partial charge in [-0.05, 0) is 19.3 Å². The Kier molecular flexibility index (Phi) is 4.33. The third kappa shape index (κ3) is 4.20. The van der Waals surface area contributed by atoms with E-state index in [4.69, 9.17) is 0 Å². The van der Waals surface area contributed by atoms with Crippen LogP contribution in [0.2, 0.25) is 0 Å². The van der Waals surface area contributed by atoms with E-state index in [1.807, 2.05) is 13.1 Å². The lowest BCUT2D eigenvalue weighted by Gasteiger charge is -2.07. The van der Waals surface area contributed by atoms with E-state index in [0.717, 1.165) is 37.4 Å². The topological polar surface area (TPSA) is 78.9 Å². The zero-order valence-electron chi connectivity index (χ0n) is 10.6. The number of anilines is 2. The van der Waals surface area contributed by atoms with E-state index in [2.05, 4.69) is 25.9 Å². The Morgan fingerprint density at radius 2 is 2.17 bits per heavy atom. The van der Waals surface area contributed by atoms with E-state index in [1.54, 1.807) is 0 Å². The van der Waals surface area contributed by atoms with E-state index in [9.17, 15) is 4.79 Å². The van der Waals surface area contributed by atoms with Crippen molar-refractivity contribution in [2.24, 2.45) is 0 Å². The van der Waals surface area contributed by atoms with Crippen molar-refractivity contribution in [3.05, 3.63) is 12.4 Å². The van der Waals surface area contributed by atoms with E-state index >= 15 is 0 Å². The summed E-state index contributed by atoms with van der Waals surface area (Å²) in [5.41, 5.74) is 0. The van der Waals surface area contributed by atoms with Gasteiger partial charge < -0.3 is 16.0 Å². The molecule has 98 valence electrons. The highest BCUT2D eigenvalue weighted by Crippen LogP contribution is 2.18. The molecule has 0 aliphatic heterocycles. The molecule has 1 aromatic heterocycles. The molecule has 0 unspecified atom stereocenters. The molecule has 6 nitrogen and oxygen atoms in total. The standard InChI is InChI=1S/C12H19N5O/c1-13-10-7-11(16-8-15-10)14-6-2-3-12(18)17-9-4-5-9/h7-9H,2-6H2,1H3,(H,17,18)(H2,13,14,15,16). The molecule has 0 spiro atoms. The van der Waals surface area contributed by atoms with Crippen molar-refractivity contribution >= 4 is 17.5 Å². The molecule has 1 amide bonds. The monoisotopic (exact) mass is 249 g/mol. The van der Waals surface area contributed by atoms with Crippen LogP contribution < -0.4 is 16.0 Å². The number of rotatable bonds is 7. The fourth-order valence-corrected chi connectivity index (χ4v) is 1.58. The van der Waals surface area contributed by atoms with Crippen LogP contribution in [0.3, 0.4) is 0 Å². The van der Waals surface area contributed by atoms with Crippen LogP contribution in [0.4, 0.5) is 11.6 Å². The second-order valence-electron chi connectivity index (χ2n) is 4.41. The van der Waals surface area contributed by atoms with Crippen LogP contribution in [-0.2, 0) is 4.79 Å². The minimum Gasteiger partial charge on any atom is -0.373 e. The van der Waals surface area contributed by atoms with E-state index in [1.165, 1.54) is 6.33 Å². The number of hydrogen-bond donors (Lipinski definition) is 3. The van der Waals surface area contributed by atoms with Crippen LogP contribution >= 0.6 is 0 Å². The summed E-state index contributed by atoms with van der Waals surface area (Å²) < 4.78 is 0. The fraction of sp³-hybridized carbons (Fsp3) is 0.583. The maximum absolute atomic E-state index is 11.4. The molecule has 1 saturated carbocycles. The SMILES string of the molecule is CNc1cc(NCCCC(=O)NC2CC2)ncn1. The lowest BCUT2D eigenvalue weighted by atomic mass is 10.3. The first-order valence-corrected chi connectivity index (χ1v) is 6.31. The fourth-order valence-electron chi connectivity index (χ4n) is 1.58. The van der Waals surface area contributed by atoms with E-state index in [0.29, 0.717) is 12.5 Å². The molecule has 0 saturated heterocycles. The van der Waals surface area contributed by atoms with Gasteiger partial charge >= 0.3 is 0 Å². The Bertz CT molecular complexity index is 405. The zero-order valence-corrected chi connectivity index (χ0v) is 10.6. The normalized spacial score (nSPS) is 14.1. The first-order valence-electron chi connectivity index (χ1n) is 6.31. The first-order chi connectivity index (χ1) is 8.78. The average Bonchev–Trinajstić information content (AvgIpc) is 3.19. The molecule has 1 fully saturated rings. The molecule has 1 aliphatic carbocycles. The van der Waals surface area contributed by atoms with Crippen molar-refractivity contribution in [1.29, 1.82) is 0 Å². The number of aromatic nitrogens is 2. The van der Waals surface area contributed by atoms with Crippen LogP contribution in [-0.4, -0.2) is 35.5 Å². The molecule has 0 aromatic carbocycles. The predicted molar refractivity (Wildman–Crippen MR) is 70.5 cm³/mol. The van der Waals surface area contributed by atoms with Crippen LogP contribution in [0.15, 0.2) is 12.4 Å². The Labute approximate surface area is 107 Å². The van der Waals surface area contributed by atoms with E-state index in [-0.39, 0.29) is 5.91 Å². The number of hydrogen-bond acceptors (Lipinski definition) is 5. The number of nitrogens with one attached hydrogen (secondary N) is 3. The Balaban J connectivity index is 1.63. The summed E-state index contributed by atoms with van der Waals surface area (Å²) in [5.74, 6) is 1.70. The molecular weight excluding hydrogens is 230 g/mol. The van der Waals surface area contributed by atoms with Crippen molar-refractivity contribution in [1.82, 2.24) is 15.3 Å². The molecular formula is C12H19N5O. The largest absolute Gasteiger partial charge is 0.373 e. The Morgan fingerprint density at radius 1 is 1.39 bits per heavy atom. The van der Waals surface area contributed by atoms with Crippen molar-refractivity contribution in [2.75, 3.05) is 24.2 Å². The maximum atomic E-state index is 11.4. The average molecular weight is 249 g/mol. The third-order valence-corrected chi connectivity index (χ3v) is 2.75. The highest BCUT2D eigenvalue weighted by Gasteiger charge is 2.22. The van der Waals surface area contributed by atoms with Gasteiger partial charge in [0.05, 0.1) is 0 Å². The van der Waals surface area contributed by atoms with Gasteiger partial charge in [0.25, 0.3) is 0 Å². The van der Waals surface area contributed by atoms with Crippen molar-refractivity contribution in [2.45, 2.75) is 31.7 Å². The summed E-state index contributed by atoms with van der Waals surface area (Å²) in [7, 11) is 1.81. The van der Waals surface area contributed by atoms with Crippen molar-refractivity contribution in [3.8, 4) is 0 Å². The minimum atomic E-state index is 0.151. The lowest BCUT2D eigenvalue weighted by molar-refractivity contribution is -0.121. The van der Waals surface area contributed by atoms with Crippen molar-refractivity contribution < 1.29 is 4.79 Å². The highest BCUT2D eigenvalue weighted by molar-refractivity contribution is 5.76. The van der Waals surface area contributed by atoms with Gasteiger partial charge in [0.1, 0.15) is 18.0 Å². The summed E-state index contributed by atoms with van der Waals surface area (Å²) in [5, 5.41) is 9.09. The number of amides is 1. The number of nitrogens with zero attached hydrogens (tertiary/aromatic N) is 2. The molecule has 1 aromatic rings. The van der Waals surface area contributed by atoms with Crippen LogP contribution in [0.5, 0.6) is 0 Å². The number of carbonyl (C=O) groups is 1. The Morgan fingerprint density at radius 3 is 2.89 bits per heavy atom. The smallest absolute Gasteiger partial charge is 0.220 e. The second-order valence-corrected chi connectivity index (χ2v) is 4.41. The van der Waals surface area contributed by atoms with Gasteiger partial charge in [-0.25, -0.2) is 9.97 Å². The van der Waals surface area contributed by atoms with Crippen LogP contribution in [0.1, 0.15) is 25.7 Å². The van der Waals surface area contributed by atoms with E-state index < -0.39 is 0 Å². The molecule has 2 rings (SSSR count). The third-order valence-electron chi connectivity index (χ3n) is 2.75. The van der Waals surface area contributed by atoms with Gasteiger partial charge in [-0.3, -0.25) is 4.79 Å². The molecule has 6 heteroatoms. The molecule has 0 bridgehead atoms. The first kappa shape index (κ1) is 12.6. The maximum Gasteiger partial charge on any atom is 0.220 e. The van der Waals surface area contributed by atoms with Gasteiger partial charge in [0, 0.05) is 32.1 Å². The van der Waals surface area contributed by atoms with Crippen molar-refractivity contribution in [3.63, 3.8) is 0 Å². The van der Waals surface area contributed by atoms with Gasteiger partial charge in [-0.15, -0.1) is 0 Å². The predicted octanol–water partition coefficient (Wildman–Crippen LogP) is 0.989. The lowest BCUT2D eigenvalue weighted by Crippen LogP contribution is -2.25. The van der Waals surface area contributed by atoms with Crippen LogP contribution in [0, 0.1) is 0 Å². The summed E-state index contributed by atoms with van der Waals surface area (Å²) in [6, 6.07) is 2.29. The minimum absolute atomic E-state index is 0.151.